The van der Waals surface area contributed by atoms with E-state index in [1.54, 1.807) is 4.90 Å². The van der Waals surface area contributed by atoms with Gasteiger partial charge in [0.25, 0.3) is 0 Å². The highest BCUT2D eigenvalue weighted by Crippen LogP contribution is 2.22. The quantitative estimate of drug-likeness (QED) is 0.737. The Morgan fingerprint density at radius 2 is 2.30 bits per heavy atom. The zero-order valence-electron chi connectivity index (χ0n) is 12.6. The molecular formula is C15H26N2O3. The van der Waals surface area contributed by atoms with Crippen molar-refractivity contribution < 1.29 is 14.3 Å². The molecule has 2 unspecified atom stereocenters. The first-order valence-corrected chi connectivity index (χ1v) is 7.76. The fourth-order valence-electron chi connectivity index (χ4n) is 2.97. The first-order chi connectivity index (χ1) is 9.61. The molecule has 0 aliphatic carbocycles. The minimum absolute atomic E-state index is 0.0998. The van der Waals surface area contributed by atoms with Crippen molar-refractivity contribution >= 4 is 11.8 Å². The lowest BCUT2D eigenvalue weighted by molar-refractivity contribution is -0.134. The van der Waals surface area contributed by atoms with Crippen LogP contribution in [-0.4, -0.2) is 61.0 Å². The van der Waals surface area contributed by atoms with Gasteiger partial charge >= 0.3 is 0 Å². The third kappa shape index (κ3) is 3.72. The van der Waals surface area contributed by atoms with Crippen LogP contribution in [0.4, 0.5) is 0 Å². The number of unbranched alkanes of at least 4 members (excludes halogenated alkanes) is 1. The standard InChI is InChI=1S/C15H26N2O3/c1-3-4-7-16(2)15(19)12-9-14(18)17(10-12)11-13-6-5-8-20-13/h12-13H,3-11H2,1-2H3. The lowest BCUT2D eigenvalue weighted by Gasteiger charge is -2.22. The summed E-state index contributed by atoms with van der Waals surface area (Å²) in [5, 5.41) is 0. The van der Waals surface area contributed by atoms with Gasteiger partial charge in [-0.3, -0.25) is 9.59 Å². The van der Waals surface area contributed by atoms with Gasteiger partial charge in [-0.1, -0.05) is 13.3 Å². The topological polar surface area (TPSA) is 49.9 Å². The predicted octanol–water partition coefficient (Wildman–Crippen LogP) is 1.27. The van der Waals surface area contributed by atoms with Crippen LogP contribution in [0.1, 0.15) is 39.0 Å². The number of amides is 2. The van der Waals surface area contributed by atoms with Crippen LogP contribution in [0.3, 0.4) is 0 Å². The highest BCUT2D eigenvalue weighted by atomic mass is 16.5. The first kappa shape index (κ1) is 15.3. The largest absolute Gasteiger partial charge is 0.376 e. The van der Waals surface area contributed by atoms with Crippen LogP contribution < -0.4 is 0 Å². The van der Waals surface area contributed by atoms with Crippen molar-refractivity contribution in [2.45, 2.75) is 45.1 Å². The molecule has 20 heavy (non-hydrogen) atoms. The van der Waals surface area contributed by atoms with Crippen molar-refractivity contribution in [2.24, 2.45) is 5.92 Å². The first-order valence-electron chi connectivity index (χ1n) is 7.76. The Hall–Kier alpha value is -1.10. The second-order valence-corrected chi connectivity index (χ2v) is 5.95. The number of carbonyl (C=O) groups excluding carboxylic acids is 2. The van der Waals surface area contributed by atoms with Crippen molar-refractivity contribution in [2.75, 3.05) is 33.3 Å². The van der Waals surface area contributed by atoms with E-state index in [9.17, 15) is 9.59 Å². The molecule has 2 aliphatic rings. The van der Waals surface area contributed by atoms with E-state index in [2.05, 4.69) is 6.92 Å². The molecule has 0 N–H and O–H groups in total. The molecule has 0 aromatic heterocycles. The molecule has 5 heteroatoms. The van der Waals surface area contributed by atoms with Crippen molar-refractivity contribution in [1.29, 1.82) is 0 Å². The van der Waals surface area contributed by atoms with E-state index in [-0.39, 0.29) is 23.8 Å². The molecule has 2 rings (SSSR count). The zero-order valence-corrected chi connectivity index (χ0v) is 12.6. The summed E-state index contributed by atoms with van der Waals surface area (Å²) in [6.07, 6.45) is 4.73. The number of nitrogens with zero attached hydrogens (tertiary/aromatic N) is 2. The molecule has 0 radical (unpaired) electrons. The molecule has 0 saturated carbocycles. The molecule has 0 spiro atoms. The predicted molar refractivity (Wildman–Crippen MR) is 76.2 cm³/mol. The fraction of sp³-hybridized carbons (Fsp3) is 0.867. The van der Waals surface area contributed by atoms with Gasteiger partial charge in [0.05, 0.1) is 12.0 Å². The summed E-state index contributed by atoms with van der Waals surface area (Å²) in [5.41, 5.74) is 0. The number of ether oxygens (including phenoxy) is 1. The molecule has 0 aromatic carbocycles. The maximum absolute atomic E-state index is 12.3. The zero-order chi connectivity index (χ0) is 14.5. The van der Waals surface area contributed by atoms with E-state index in [1.165, 1.54) is 0 Å². The Kier molecular flexibility index (Phi) is 5.40. The van der Waals surface area contributed by atoms with E-state index in [0.29, 0.717) is 19.5 Å². The molecule has 2 atom stereocenters. The molecule has 0 aromatic rings. The van der Waals surface area contributed by atoms with Gasteiger partial charge in [0.1, 0.15) is 0 Å². The van der Waals surface area contributed by atoms with Gasteiger partial charge in [-0.05, 0) is 19.3 Å². The summed E-state index contributed by atoms with van der Waals surface area (Å²) in [6.45, 7) is 4.91. The van der Waals surface area contributed by atoms with Gasteiger partial charge in [-0.2, -0.15) is 0 Å². The Morgan fingerprint density at radius 3 is 2.95 bits per heavy atom. The van der Waals surface area contributed by atoms with Crippen molar-refractivity contribution in [3.63, 3.8) is 0 Å². The smallest absolute Gasteiger partial charge is 0.227 e. The average Bonchev–Trinajstić information content (AvgIpc) is 3.06. The summed E-state index contributed by atoms with van der Waals surface area (Å²) >= 11 is 0. The Labute approximate surface area is 121 Å². The summed E-state index contributed by atoms with van der Waals surface area (Å²) in [7, 11) is 1.84. The molecule has 2 heterocycles. The number of hydrogen-bond acceptors (Lipinski definition) is 3. The van der Waals surface area contributed by atoms with E-state index >= 15 is 0 Å². The van der Waals surface area contributed by atoms with Crippen LogP contribution >= 0.6 is 0 Å². The van der Waals surface area contributed by atoms with Crippen LogP contribution in [0.5, 0.6) is 0 Å². The van der Waals surface area contributed by atoms with Crippen LogP contribution in [0.25, 0.3) is 0 Å². The number of rotatable bonds is 6. The molecule has 2 aliphatic heterocycles. The third-order valence-corrected chi connectivity index (χ3v) is 4.24. The number of likely N-dealkylation sites (tertiary alicyclic amines) is 1. The van der Waals surface area contributed by atoms with Crippen LogP contribution in [0, 0.1) is 5.92 Å². The van der Waals surface area contributed by atoms with Crippen LogP contribution in [0.2, 0.25) is 0 Å². The molecule has 2 saturated heterocycles. The molecule has 2 amide bonds. The Balaban J connectivity index is 1.82. The SMILES string of the molecule is CCCCN(C)C(=O)C1CC(=O)N(CC2CCCO2)C1. The Morgan fingerprint density at radius 1 is 1.50 bits per heavy atom. The second-order valence-electron chi connectivity index (χ2n) is 5.95. The lowest BCUT2D eigenvalue weighted by atomic mass is 10.1. The van der Waals surface area contributed by atoms with Gasteiger partial charge in [0.15, 0.2) is 0 Å². The highest BCUT2D eigenvalue weighted by Gasteiger charge is 2.36. The summed E-state index contributed by atoms with van der Waals surface area (Å²) in [6, 6.07) is 0. The maximum Gasteiger partial charge on any atom is 0.227 e. The van der Waals surface area contributed by atoms with Crippen LogP contribution in [-0.2, 0) is 14.3 Å². The lowest BCUT2D eigenvalue weighted by Crippen LogP contribution is -2.37. The minimum Gasteiger partial charge on any atom is -0.376 e. The monoisotopic (exact) mass is 282 g/mol. The summed E-state index contributed by atoms with van der Waals surface area (Å²) in [5.74, 6) is 0.0511. The summed E-state index contributed by atoms with van der Waals surface area (Å²) < 4.78 is 5.57. The van der Waals surface area contributed by atoms with Gasteiger partial charge in [0.2, 0.25) is 11.8 Å². The number of hydrogen-bond donors (Lipinski definition) is 0. The molecule has 0 bridgehead atoms. The minimum atomic E-state index is -0.161. The summed E-state index contributed by atoms with van der Waals surface area (Å²) in [4.78, 5) is 27.9. The van der Waals surface area contributed by atoms with Gasteiger partial charge in [-0.25, -0.2) is 0 Å². The Bertz CT molecular complexity index is 353. The third-order valence-electron chi connectivity index (χ3n) is 4.24. The van der Waals surface area contributed by atoms with Crippen molar-refractivity contribution in [3.8, 4) is 0 Å². The van der Waals surface area contributed by atoms with Gasteiger partial charge in [0, 0.05) is 39.7 Å². The van der Waals surface area contributed by atoms with E-state index in [4.69, 9.17) is 4.74 Å². The maximum atomic E-state index is 12.3. The van der Waals surface area contributed by atoms with E-state index in [0.717, 1.165) is 38.8 Å². The van der Waals surface area contributed by atoms with E-state index in [1.807, 2.05) is 11.9 Å². The van der Waals surface area contributed by atoms with Crippen LogP contribution in [0.15, 0.2) is 0 Å². The molecule has 5 nitrogen and oxygen atoms in total. The van der Waals surface area contributed by atoms with Crippen molar-refractivity contribution in [3.05, 3.63) is 0 Å². The van der Waals surface area contributed by atoms with Gasteiger partial charge < -0.3 is 14.5 Å². The number of carbonyl (C=O) groups is 2. The normalized spacial score (nSPS) is 26.3. The molecule has 2 fully saturated rings. The average molecular weight is 282 g/mol. The fourth-order valence-corrected chi connectivity index (χ4v) is 2.97. The second kappa shape index (κ2) is 7.07. The highest BCUT2D eigenvalue weighted by molar-refractivity contribution is 5.89. The molecular weight excluding hydrogens is 256 g/mol. The van der Waals surface area contributed by atoms with Crippen molar-refractivity contribution in [1.82, 2.24) is 9.80 Å². The van der Waals surface area contributed by atoms with Gasteiger partial charge in [-0.15, -0.1) is 0 Å². The molecule has 114 valence electrons. The van der Waals surface area contributed by atoms with E-state index < -0.39 is 0 Å².